The van der Waals surface area contributed by atoms with E-state index in [2.05, 4.69) is 4.72 Å². The van der Waals surface area contributed by atoms with Gasteiger partial charge >= 0.3 is 0 Å². The number of benzene rings is 2. The summed E-state index contributed by atoms with van der Waals surface area (Å²) in [5.74, 6) is 0.459. The number of ether oxygens (including phenoxy) is 1. The number of morpholine rings is 1. The van der Waals surface area contributed by atoms with Gasteiger partial charge in [-0.15, -0.1) is 0 Å². The number of nitrogens with one attached hydrogen (secondary N) is 1. The lowest BCUT2D eigenvalue weighted by atomic mass is 10.1. The molecule has 2 fully saturated rings. The Morgan fingerprint density at radius 3 is 2.66 bits per heavy atom. The lowest BCUT2D eigenvalue weighted by Gasteiger charge is -2.37. The molecular weight excluding hydrogens is 418 g/mol. The predicted molar refractivity (Wildman–Crippen MR) is 110 cm³/mol. The van der Waals surface area contributed by atoms with Crippen LogP contribution in [-0.2, 0) is 14.8 Å². The molecule has 10 heteroatoms. The number of rotatable bonds is 6. The van der Waals surface area contributed by atoms with Crippen molar-refractivity contribution < 1.29 is 18.1 Å². The Balaban J connectivity index is 1.68. The minimum Gasteiger partial charge on any atom is -0.377 e. The summed E-state index contributed by atoms with van der Waals surface area (Å²) in [7, 11) is -4.04. The van der Waals surface area contributed by atoms with Crippen LogP contribution >= 0.6 is 11.6 Å². The summed E-state index contributed by atoms with van der Waals surface area (Å²) in [6.45, 7) is 1.54. The van der Waals surface area contributed by atoms with Crippen molar-refractivity contribution in [2.45, 2.75) is 23.8 Å². The van der Waals surface area contributed by atoms with Crippen LogP contribution < -0.4 is 9.62 Å². The Labute approximate surface area is 173 Å². The van der Waals surface area contributed by atoms with Crippen LogP contribution in [0.1, 0.15) is 12.8 Å². The van der Waals surface area contributed by atoms with Gasteiger partial charge in [0.25, 0.3) is 15.7 Å². The summed E-state index contributed by atoms with van der Waals surface area (Å²) in [5.41, 5.74) is 0.398. The molecule has 2 aromatic carbocycles. The largest absolute Gasteiger partial charge is 0.377 e. The second-order valence-corrected chi connectivity index (χ2v) is 9.26. The van der Waals surface area contributed by atoms with Crippen molar-refractivity contribution in [3.63, 3.8) is 0 Å². The second-order valence-electron chi connectivity index (χ2n) is 7.17. The van der Waals surface area contributed by atoms with Crippen molar-refractivity contribution in [1.82, 2.24) is 0 Å². The molecule has 0 bridgehead atoms. The van der Waals surface area contributed by atoms with Crippen molar-refractivity contribution in [3.05, 3.63) is 57.6 Å². The molecule has 1 heterocycles. The van der Waals surface area contributed by atoms with Gasteiger partial charge in [0.1, 0.15) is 5.69 Å². The van der Waals surface area contributed by atoms with Crippen LogP contribution in [0.15, 0.2) is 47.4 Å². The quantitative estimate of drug-likeness (QED) is 0.546. The van der Waals surface area contributed by atoms with Crippen LogP contribution in [0, 0.1) is 16.0 Å². The standard InChI is InChI=1S/C19H20ClN3O5S/c20-15-3-1-2-4-16(15)21-29(26,27)14-7-8-17(18(11-14)23(24)25)22-9-10-28-12-19(22)13-5-6-13/h1-4,7-8,11,13,19,21H,5-6,9-10,12H2/t19-/m0/s1. The molecule has 0 aromatic heterocycles. The molecule has 0 spiro atoms. The Morgan fingerprint density at radius 1 is 1.21 bits per heavy atom. The highest BCUT2D eigenvalue weighted by Crippen LogP contribution is 2.41. The minimum absolute atomic E-state index is 0.0751. The Morgan fingerprint density at radius 2 is 1.97 bits per heavy atom. The van der Waals surface area contributed by atoms with E-state index in [1.165, 1.54) is 18.2 Å². The molecule has 1 aliphatic carbocycles. The van der Waals surface area contributed by atoms with Crippen LogP contribution in [0.4, 0.5) is 17.1 Å². The average molecular weight is 438 g/mol. The number of halogens is 1. The van der Waals surface area contributed by atoms with Gasteiger partial charge in [0.05, 0.1) is 39.8 Å². The molecule has 0 radical (unpaired) electrons. The lowest BCUT2D eigenvalue weighted by Crippen LogP contribution is -2.47. The highest BCUT2D eigenvalue weighted by Gasteiger charge is 2.39. The van der Waals surface area contributed by atoms with Crippen molar-refractivity contribution in [3.8, 4) is 0 Å². The van der Waals surface area contributed by atoms with E-state index in [4.69, 9.17) is 16.3 Å². The fraction of sp³-hybridized carbons (Fsp3) is 0.368. The third-order valence-electron chi connectivity index (χ3n) is 5.21. The first-order valence-electron chi connectivity index (χ1n) is 9.27. The number of nitro benzene ring substituents is 1. The molecule has 1 atom stereocenters. The number of anilines is 2. The molecule has 2 aromatic rings. The van der Waals surface area contributed by atoms with Crippen LogP contribution in [0.3, 0.4) is 0 Å². The second kappa shape index (κ2) is 7.81. The predicted octanol–water partition coefficient (Wildman–Crippen LogP) is 3.66. The summed E-state index contributed by atoms with van der Waals surface area (Å²) in [6.07, 6.45) is 2.15. The van der Waals surface area contributed by atoms with Crippen LogP contribution in [0.5, 0.6) is 0 Å². The SMILES string of the molecule is O=[N+]([O-])c1cc(S(=O)(=O)Nc2ccccc2Cl)ccc1N1CCOC[C@H]1C1CC1. The van der Waals surface area contributed by atoms with Gasteiger partial charge in [0, 0.05) is 12.6 Å². The van der Waals surface area contributed by atoms with Crippen LogP contribution in [0.25, 0.3) is 0 Å². The maximum absolute atomic E-state index is 12.8. The number of nitrogens with zero attached hydrogens (tertiary/aromatic N) is 2. The van der Waals surface area contributed by atoms with Crippen molar-refractivity contribution in [1.29, 1.82) is 0 Å². The van der Waals surface area contributed by atoms with Gasteiger partial charge in [-0.25, -0.2) is 8.42 Å². The van der Waals surface area contributed by atoms with Crippen molar-refractivity contribution in [2.75, 3.05) is 29.4 Å². The molecule has 1 aliphatic heterocycles. The summed E-state index contributed by atoms with van der Waals surface area (Å²) in [5, 5.41) is 12.0. The number of nitro groups is 1. The summed E-state index contributed by atoms with van der Waals surface area (Å²) < 4.78 is 33.5. The highest BCUT2D eigenvalue weighted by molar-refractivity contribution is 7.92. The van der Waals surface area contributed by atoms with Crippen LogP contribution in [0.2, 0.25) is 5.02 Å². The molecule has 1 saturated carbocycles. The fourth-order valence-corrected chi connectivity index (χ4v) is 4.94. The Kier molecular flexibility index (Phi) is 5.37. The van der Waals surface area contributed by atoms with Crippen molar-refractivity contribution in [2.24, 2.45) is 5.92 Å². The minimum atomic E-state index is -4.04. The number of hydrogen-bond acceptors (Lipinski definition) is 6. The molecule has 0 amide bonds. The van der Waals surface area contributed by atoms with E-state index in [1.54, 1.807) is 18.2 Å². The Hall–Kier alpha value is -2.36. The maximum atomic E-state index is 12.8. The van der Waals surface area contributed by atoms with E-state index < -0.39 is 14.9 Å². The Bertz CT molecular complexity index is 1040. The van der Waals surface area contributed by atoms with Gasteiger partial charge in [0.2, 0.25) is 0 Å². The topological polar surface area (TPSA) is 102 Å². The molecular formula is C19H20ClN3O5S. The van der Waals surface area contributed by atoms with Gasteiger partial charge in [0.15, 0.2) is 0 Å². The molecule has 0 unspecified atom stereocenters. The zero-order valence-electron chi connectivity index (χ0n) is 15.5. The third kappa shape index (κ3) is 4.17. The van der Waals surface area contributed by atoms with E-state index in [-0.39, 0.29) is 27.3 Å². The summed E-state index contributed by atoms with van der Waals surface area (Å²) in [4.78, 5) is 13.0. The van der Waals surface area contributed by atoms with Gasteiger partial charge in [-0.3, -0.25) is 14.8 Å². The molecule has 29 heavy (non-hydrogen) atoms. The molecule has 4 rings (SSSR count). The maximum Gasteiger partial charge on any atom is 0.293 e. The number of para-hydroxylation sites is 1. The summed E-state index contributed by atoms with van der Waals surface area (Å²) in [6, 6.07) is 10.5. The van der Waals surface area contributed by atoms with E-state index in [1.807, 2.05) is 4.90 Å². The van der Waals surface area contributed by atoms with E-state index in [0.29, 0.717) is 31.4 Å². The highest BCUT2D eigenvalue weighted by atomic mass is 35.5. The lowest BCUT2D eigenvalue weighted by molar-refractivity contribution is -0.384. The molecule has 8 nitrogen and oxygen atoms in total. The number of hydrogen-bond donors (Lipinski definition) is 1. The van der Waals surface area contributed by atoms with Crippen LogP contribution in [-0.4, -0.2) is 39.1 Å². The monoisotopic (exact) mass is 437 g/mol. The number of sulfonamides is 1. The first kappa shape index (κ1) is 19.9. The van der Waals surface area contributed by atoms with E-state index in [0.717, 1.165) is 18.9 Å². The van der Waals surface area contributed by atoms with E-state index in [9.17, 15) is 18.5 Å². The smallest absolute Gasteiger partial charge is 0.293 e. The molecule has 1 N–H and O–H groups in total. The average Bonchev–Trinajstić information content (AvgIpc) is 3.54. The first-order valence-corrected chi connectivity index (χ1v) is 11.1. The van der Waals surface area contributed by atoms with Crippen molar-refractivity contribution >= 4 is 38.7 Å². The van der Waals surface area contributed by atoms with E-state index >= 15 is 0 Å². The van der Waals surface area contributed by atoms with Gasteiger partial charge in [-0.05, 0) is 43.0 Å². The van der Waals surface area contributed by atoms with Gasteiger partial charge < -0.3 is 9.64 Å². The molecule has 1 saturated heterocycles. The summed E-state index contributed by atoms with van der Waals surface area (Å²) >= 11 is 6.02. The first-order chi connectivity index (χ1) is 13.9. The zero-order valence-corrected chi connectivity index (χ0v) is 17.0. The van der Waals surface area contributed by atoms with Gasteiger partial charge in [-0.2, -0.15) is 0 Å². The normalized spacial score (nSPS) is 19.8. The fourth-order valence-electron chi connectivity index (χ4n) is 3.60. The molecule has 154 valence electrons. The zero-order chi connectivity index (χ0) is 20.6. The third-order valence-corrected chi connectivity index (χ3v) is 6.91. The molecule has 2 aliphatic rings. The van der Waals surface area contributed by atoms with Gasteiger partial charge in [-0.1, -0.05) is 23.7 Å².